The molecule has 0 spiro atoms. The Kier molecular flexibility index (Phi) is 6.76. The molecule has 0 aromatic carbocycles. The molecule has 37 heavy (non-hydrogen) atoms. The average Bonchev–Trinajstić information content (AvgIpc) is 3.47. The first-order valence-electron chi connectivity index (χ1n) is 12.5. The number of rotatable bonds is 6. The van der Waals surface area contributed by atoms with Gasteiger partial charge in [0.05, 0.1) is 18.5 Å². The molecule has 2 aliphatic rings. The van der Waals surface area contributed by atoms with Gasteiger partial charge in [0.1, 0.15) is 5.65 Å². The first-order chi connectivity index (χ1) is 17.5. The maximum atomic E-state index is 13.2. The molecule has 198 valence electrons. The van der Waals surface area contributed by atoms with Crippen molar-refractivity contribution in [2.45, 2.75) is 71.1 Å². The van der Waals surface area contributed by atoms with Gasteiger partial charge in [-0.15, -0.1) is 11.3 Å². The van der Waals surface area contributed by atoms with Crippen LogP contribution in [-0.2, 0) is 35.3 Å². The highest BCUT2D eigenvalue weighted by Crippen LogP contribution is 2.41. The van der Waals surface area contributed by atoms with Crippen molar-refractivity contribution in [1.82, 2.24) is 19.4 Å². The Morgan fingerprint density at radius 2 is 2.00 bits per heavy atom. The maximum absolute atomic E-state index is 13.2. The van der Waals surface area contributed by atoms with Crippen molar-refractivity contribution in [3.05, 3.63) is 45.7 Å². The summed E-state index contributed by atoms with van der Waals surface area (Å²) in [6.07, 6.45) is 3.16. The third-order valence-corrected chi connectivity index (χ3v) is 9.00. The Hall–Kier alpha value is -2.95. The van der Waals surface area contributed by atoms with Crippen LogP contribution in [0.1, 0.15) is 66.6 Å². The Morgan fingerprint density at radius 1 is 1.24 bits per heavy atom. The summed E-state index contributed by atoms with van der Waals surface area (Å²) in [5.41, 5.74) is 2.04. The van der Waals surface area contributed by atoms with Crippen LogP contribution in [0.3, 0.4) is 0 Å². The number of thiazole rings is 1. The number of carbonyl (C=O) groups excluding carboxylic acids is 1. The fourth-order valence-electron chi connectivity index (χ4n) is 5.61. The molecule has 1 fully saturated rings. The van der Waals surface area contributed by atoms with E-state index in [4.69, 9.17) is 0 Å². The number of aromatic nitrogens is 3. The summed E-state index contributed by atoms with van der Waals surface area (Å²) >= 11 is 0.628. The minimum absolute atomic E-state index is 0.0548. The van der Waals surface area contributed by atoms with Crippen molar-refractivity contribution in [3.63, 3.8) is 0 Å². The number of fused-ring (bicyclic) bond motifs is 3. The zero-order valence-corrected chi connectivity index (χ0v) is 21.4. The van der Waals surface area contributed by atoms with Crippen molar-refractivity contribution < 1.29 is 27.9 Å². The first kappa shape index (κ1) is 25.7. The van der Waals surface area contributed by atoms with Crippen LogP contribution < -0.4 is 0 Å². The van der Waals surface area contributed by atoms with Crippen molar-refractivity contribution in [2.75, 3.05) is 6.54 Å². The van der Waals surface area contributed by atoms with Crippen LogP contribution in [0, 0.1) is 11.3 Å². The summed E-state index contributed by atoms with van der Waals surface area (Å²) in [6, 6.07) is 3.81. The summed E-state index contributed by atoms with van der Waals surface area (Å²) in [6.45, 7) is 2.98. The summed E-state index contributed by atoms with van der Waals surface area (Å²) in [4.78, 5) is 35.0. The Bertz CT molecular complexity index is 1320. The van der Waals surface area contributed by atoms with Crippen molar-refractivity contribution in [1.29, 1.82) is 0 Å². The third-order valence-electron chi connectivity index (χ3n) is 7.97. The largest absolute Gasteiger partial charge is 0.481 e. The molecule has 1 amide bonds. The lowest BCUT2D eigenvalue weighted by molar-refractivity contribution is -0.150. The highest BCUT2D eigenvalue weighted by atomic mass is 32.1. The molecule has 4 heterocycles. The molecule has 1 aliphatic heterocycles. The third kappa shape index (κ3) is 5.10. The summed E-state index contributed by atoms with van der Waals surface area (Å²) in [5, 5.41) is 9.53. The number of carboxylic acids is 1. The van der Waals surface area contributed by atoms with Gasteiger partial charge in [-0.2, -0.15) is 13.2 Å². The van der Waals surface area contributed by atoms with E-state index in [1.165, 1.54) is 6.20 Å². The number of hydrogen-bond acceptors (Lipinski definition) is 5. The van der Waals surface area contributed by atoms with Crippen LogP contribution in [0.25, 0.3) is 11.0 Å². The number of aliphatic carboxylic acids is 1. The molecule has 5 rings (SSSR count). The van der Waals surface area contributed by atoms with E-state index < -0.39 is 22.6 Å². The summed E-state index contributed by atoms with van der Waals surface area (Å²) in [5.74, 6) is -0.343. The fraction of sp³-hybridized carbons (Fsp3) is 0.538. The van der Waals surface area contributed by atoms with Gasteiger partial charge < -0.3 is 14.6 Å². The zero-order valence-electron chi connectivity index (χ0n) is 20.6. The quantitative estimate of drug-likeness (QED) is 0.451. The van der Waals surface area contributed by atoms with Crippen LogP contribution in [0.5, 0.6) is 0 Å². The van der Waals surface area contributed by atoms with Gasteiger partial charge in [-0.25, -0.2) is 9.97 Å². The van der Waals surface area contributed by atoms with Crippen LogP contribution in [0.2, 0.25) is 0 Å². The minimum atomic E-state index is -4.48. The summed E-state index contributed by atoms with van der Waals surface area (Å²) < 4.78 is 41.2. The number of carboxylic acid groups (broad SMARTS) is 1. The van der Waals surface area contributed by atoms with Crippen LogP contribution in [0.15, 0.2) is 24.5 Å². The van der Waals surface area contributed by atoms with Gasteiger partial charge in [0.2, 0.25) is 5.91 Å². The van der Waals surface area contributed by atoms with Crippen LogP contribution in [0.4, 0.5) is 13.2 Å². The molecule has 1 saturated carbocycles. The van der Waals surface area contributed by atoms with E-state index in [2.05, 4.69) is 9.97 Å². The minimum Gasteiger partial charge on any atom is -0.481 e. The number of carbonyl (C=O) groups is 2. The second-order valence-corrected chi connectivity index (χ2v) is 11.5. The van der Waals surface area contributed by atoms with E-state index in [-0.39, 0.29) is 12.5 Å². The molecule has 0 saturated heterocycles. The van der Waals surface area contributed by atoms with E-state index >= 15 is 0 Å². The normalized spacial score (nSPS) is 22.3. The number of hydrogen-bond donors (Lipinski definition) is 1. The topological polar surface area (TPSA) is 88.3 Å². The molecule has 11 heteroatoms. The van der Waals surface area contributed by atoms with E-state index in [0.717, 1.165) is 35.9 Å². The SMILES string of the molecule is CC1(C(=O)O)CCC(CCC(=O)N2CCc3c(n(Cc4cnc(C(F)(F)F)s4)c4ncccc34)C2)CC1. The van der Waals surface area contributed by atoms with Gasteiger partial charge in [-0.1, -0.05) is 0 Å². The molecule has 0 radical (unpaired) electrons. The van der Waals surface area contributed by atoms with Crippen LogP contribution >= 0.6 is 11.3 Å². The van der Waals surface area contributed by atoms with E-state index in [1.54, 1.807) is 13.1 Å². The van der Waals surface area contributed by atoms with Crippen molar-refractivity contribution in [3.8, 4) is 0 Å². The van der Waals surface area contributed by atoms with Crippen molar-refractivity contribution >= 4 is 34.2 Å². The molecular weight excluding hydrogens is 505 g/mol. The number of alkyl halides is 3. The molecule has 1 aliphatic carbocycles. The molecule has 3 aromatic rings. The highest BCUT2D eigenvalue weighted by Gasteiger charge is 2.38. The number of nitrogens with zero attached hydrogens (tertiary/aromatic N) is 4. The highest BCUT2D eigenvalue weighted by molar-refractivity contribution is 7.11. The number of pyridine rings is 1. The lowest BCUT2D eigenvalue weighted by Crippen LogP contribution is -2.37. The molecule has 0 atom stereocenters. The van der Waals surface area contributed by atoms with Crippen LogP contribution in [-0.4, -0.2) is 43.0 Å². The second-order valence-electron chi connectivity index (χ2n) is 10.4. The fourth-order valence-corrected chi connectivity index (χ4v) is 6.38. The molecule has 0 bridgehead atoms. The van der Waals surface area contributed by atoms with Gasteiger partial charge >= 0.3 is 12.1 Å². The van der Waals surface area contributed by atoms with E-state index in [9.17, 15) is 27.9 Å². The number of amides is 1. The molecule has 0 unspecified atom stereocenters. The molecular formula is C26H29F3N4O3S. The number of halogens is 3. The average molecular weight is 535 g/mol. The standard InChI is InChI=1S/C26H29F3N4O3S/c1-25(24(35)36)9-6-16(7-10-25)4-5-21(34)32-12-8-18-19-3-2-11-30-22(19)33(20(18)15-32)14-17-13-31-23(37-17)26(27,28)29/h2-3,11,13,16H,4-10,12,14-15H2,1H3,(H,35,36). The zero-order chi connectivity index (χ0) is 26.4. The smallest absolute Gasteiger partial charge is 0.443 e. The van der Waals surface area contributed by atoms with Crippen molar-refractivity contribution in [2.24, 2.45) is 11.3 Å². The van der Waals surface area contributed by atoms with Gasteiger partial charge in [-0.3, -0.25) is 9.59 Å². The second kappa shape index (κ2) is 9.74. The lowest BCUT2D eigenvalue weighted by atomic mass is 9.71. The summed E-state index contributed by atoms with van der Waals surface area (Å²) in [7, 11) is 0. The molecule has 7 nitrogen and oxygen atoms in total. The van der Waals surface area contributed by atoms with E-state index in [1.807, 2.05) is 21.6 Å². The molecule has 3 aromatic heterocycles. The van der Waals surface area contributed by atoms with Gasteiger partial charge in [0.25, 0.3) is 0 Å². The maximum Gasteiger partial charge on any atom is 0.443 e. The van der Waals surface area contributed by atoms with Gasteiger partial charge in [0, 0.05) is 41.3 Å². The van der Waals surface area contributed by atoms with Gasteiger partial charge in [-0.05, 0) is 69.1 Å². The lowest BCUT2D eigenvalue weighted by Gasteiger charge is -2.34. The molecule has 1 N–H and O–H groups in total. The first-order valence-corrected chi connectivity index (χ1v) is 13.3. The predicted molar refractivity (Wildman–Crippen MR) is 132 cm³/mol. The Balaban J connectivity index is 1.30. The Labute approximate surface area is 216 Å². The Morgan fingerprint density at radius 3 is 2.68 bits per heavy atom. The van der Waals surface area contributed by atoms with Gasteiger partial charge in [0.15, 0.2) is 5.01 Å². The predicted octanol–water partition coefficient (Wildman–Crippen LogP) is 5.51. The van der Waals surface area contributed by atoms with E-state index in [0.29, 0.717) is 66.6 Å². The monoisotopic (exact) mass is 534 g/mol.